The molecular weight excluding hydrogens is 374 g/mol. The Morgan fingerprint density at radius 1 is 1.42 bits per heavy atom. The average Bonchev–Trinajstić information content (AvgIpc) is 2.93. The Hall–Kier alpha value is -2.49. The molecule has 0 unspecified atom stereocenters. The lowest BCUT2D eigenvalue weighted by molar-refractivity contribution is -0.153. The van der Waals surface area contributed by atoms with Gasteiger partial charge >= 0.3 is 6.18 Å². The fourth-order valence-electron chi connectivity index (χ4n) is 2.53. The zero-order chi connectivity index (χ0) is 19.1. The van der Waals surface area contributed by atoms with Gasteiger partial charge in [0.15, 0.2) is 23.3 Å². The van der Waals surface area contributed by atoms with Gasteiger partial charge in [0.2, 0.25) is 5.91 Å². The quantitative estimate of drug-likeness (QED) is 0.806. The monoisotopic (exact) mass is 387 g/mol. The Labute approximate surface area is 150 Å². The van der Waals surface area contributed by atoms with Crippen LogP contribution in [-0.2, 0) is 4.79 Å². The number of benzene rings is 1. The van der Waals surface area contributed by atoms with Crippen LogP contribution in [0.15, 0.2) is 46.9 Å². The van der Waals surface area contributed by atoms with Gasteiger partial charge in [-0.05, 0) is 18.4 Å². The largest absolute Gasteiger partial charge is 0.481 e. The van der Waals surface area contributed by atoms with Crippen LogP contribution in [0.5, 0.6) is 5.75 Å². The Kier molecular flexibility index (Phi) is 4.70. The molecule has 138 valence electrons. The Bertz CT molecular complexity index is 848. The van der Waals surface area contributed by atoms with Crippen molar-refractivity contribution >= 4 is 28.5 Å². The minimum Gasteiger partial charge on any atom is -0.481 e. The first-order valence-electron chi connectivity index (χ1n) is 7.34. The van der Waals surface area contributed by atoms with Gasteiger partial charge in [-0.15, -0.1) is 0 Å². The van der Waals surface area contributed by atoms with Crippen molar-refractivity contribution < 1.29 is 27.1 Å². The van der Waals surface area contributed by atoms with E-state index in [0.717, 1.165) is 12.1 Å². The van der Waals surface area contributed by atoms with Crippen LogP contribution < -0.4 is 15.0 Å². The normalized spacial score (nSPS) is 17.3. The molecule has 26 heavy (non-hydrogen) atoms. The van der Waals surface area contributed by atoms with E-state index < -0.39 is 24.3 Å². The number of amides is 1. The van der Waals surface area contributed by atoms with Crippen molar-refractivity contribution in [3.8, 4) is 5.75 Å². The van der Waals surface area contributed by atoms with Crippen molar-refractivity contribution in [1.29, 1.82) is 0 Å². The van der Waals surface area contributed by atoms with Crippen LogP contribution in [0.25, 0.3) is 0 Å². The lowest BCUT2D eigenvalue weighted by Gasteiger charge is -2.30. The van der Waals surface area contributed by atoms with Crippen LogP contribution in [0.1, 0.15) is 6.42 Å². The van der Waals surface area contributed by atoms with E-state index in [1.165, 1.54) is 17.8 Å². The number of thioether (sulfide) groups is 1. The van der Waals surface area contributed by atoms with Crippen LogP contribution in [0.2, 0.25) is 0 Å². The standard InChI is InChI=1S/C16H13F4N3O2S/c1-8-10-6-13(24)21-14(10)22-15(26-2)23(8)9-3-4-12(11(17)5-9)25-7-16(18,19)20/h3-5H,1,6-7H2,2H3,(H,21,24). The molecule has 1 aromatic rings. The summed E-state index contributed by atoms with van der Waals surface area (Å²) in [5, 5.41) is 3.07. The summed E-state index contributed by atoms with van der Waals surface area (Å²) in [5.74, 6) is -1.26. The lowest BCUT2D eigenvalue weighted by atomic mass is 10.1. The summed E-state index contributed by atoms with van der Waals surface area (Å²) < 4.78 is 55.3. The maximum absolute atomic E-state index is 14.2. The van der Waals surface area contributed by atoms with E-state index in [9.17, 15) is 22.4 Å². The van der Waals surface area contributed by atoms with Gasteiger partial charge in [0, 0.05) is 17.3 Å². The number of nitrogens with zero attached hydrogens (tertiary/aromatic N) is 2. The molecule has 2 aliphatic rings. The van der Waals surface area contributed by atoms with Gasteiger partial charge in [-0.3, -0.25) is 9.69 Å². The highest BCUT2D eigenvalue weighted by Crippen LogP contribution is 2.37. The van der Waals surface area contributed by atoms with E-state index in [4.69, 9.17) is 0 Å². The molecule has 0 radical (unpaired) electrons. The summed E-state index contributed by atoms with van der Waals surface area (Å²) in [6.45, 7) is 2.37. The van der Waals surface area contributed by atoms with Gasteiger partial charge in [-0.1, -0.05) is 18.3 Å². The first-order valence-corrected chi connectivity index (χ1v) is 8.56. The Balaban J connectivity index is 1.89. The third-order valence-corrected chi connectivity index (χ3v) is 4.28. The number of carbonyl (C=O) groups excluding carboxylic acids is 1. The van der Waals surface area contributed by atoms with Gasteiger partial charge in [-0.2, -0.15) is 13.2 Å². The zero-order valence-corrected chi connectivity index (χ0v) is 14.3. The maximum atomic E-state index is 14.2. The number of anilines is 1. The van der Waals surface area contributed by atoms with Crippen LogP contribution in [0.4, 0.5) is 23.2 Å². The van der Waals surface area contributed by atoms with E-state index in [-0.39, 0.29) is 12.3 Å². The van der Waals surface area contributed by atoms with Crippen molar-refractivity contribution in [2.24, 2.45) is 4.99 Å². The average molecular weight is 387 g/mol. The number of nitrogens with one attached hydrogen (secondary N) is 1. The fraction of sp³-hybridized carbons (Fsp3) is 0.250. The minimum atomic E-state index is -4.56. The second kappa shape index (κ2) is 6.67. The Morgan fingerprint density at radius 2 is 2.15 bits per heavy atom. The third kappa shape index (κ3) is 3.55. The van der Waals surface area contributed by atoms with Crippen molar-refractivity contribution in [2.45, 2.75) is 12.6 Å². The molecule has 3 rings (SSSR count). The molecule has 0 aliphatic carbocycles. The summed E-state index contributed by atoms with van der Waals surface area (Å²) in [6.07, 6.45) is -2.71. The molecule has 1 amide bonds. The SMILES string of the molecule is C=C1C2=C(N=C(SC)N1c1ccc(OCC(F)(F)F)c(F)c1)NC(=O)C2. The number of halogens is 4. The van der Waals surface area contributed by atoms with Crippen molar-refractivity contribution in [3.05, 3.63) is 47.7 Å². The predicted molar refractivity (Wildman–Crippen MR) is 90.3 cm³/mol. The minimum absolute atomic E-state index is 0.102. The molecule has 0 saturated carbocycles. The molecular formula is C16H13F4N3O2S. The molecule has 10 heteroatoms. The molecule has 1 aromatic carbocycles. The van der Waals surface area contributed by atoms with Crippen LogP contribution in [0, 0.1) is 5.82 Å². The first kappa shape index (κ1) is 18.3. The number of aliphatic imine (C=N–C) groups is 1. The predicted octanol–water partition coefficient (Wildman–Crippen LogP) is 3.55. The zero-order valence-electron chi connectivity index (χ0n) is 13.5. The number of hydrogen-bond donors (Lipinski definition) is 1. The number of amidine groups is 1. The molecule has 0 aromatic heterocycles. The number of alkyl halides is 3. The van der Waals surface area contributed by atoms with E-state index >= 15 is 0 Å². The number of rotatable bonds is 3. The number of allylic oxidation sites excluding steroid dienone is 1. The van der Waals surface area contributed by atoms with Gasteiger partial charge in [-0.25, -0.2) is 9.38 Å². The van der Waals surface area contributed by atoms with E-state index in [0.29, 0.717) is 27.9 Å². The van der Waals surface area contributed by atoms with E-state index in [1.807, 2.05) is 0 Å². The highest BCUT2D eigenvalue weighted by molar-refractivity contribution is 8.13. The maximum Gasteiger partial charge on any atom is 0.422 e. The summed E-state index contributed by atoms with van der Waals surface area (Å²) in [6, 6.07) is 3.56. The number of hydrogen-bond acceptors (Lipinski definition) is 5. The number of ether oxygens (including phenoxy) is 1. The van der Waals surface area contributed by atoms with Crippen molar-refractivity contribution in [3.63, 3.8) is 0 Å². The summed E-state index contributed by atoms with van der Waals surface area (Å²) >= 11 is 1.25. The molecule has 2 aliphatic heterocycles. The van der Waals surface area contributed by atoms with E-state index in [1.54, 1.807) is 11.2 Å². The van der Waals surface area contributed by atoms with Crippen LogP contribution >= 0.6 is 11.8 Å². The molecule has 0 bridgehead atoms. The molecule has 2 heterocycles. The second-order valence-electron chi connectivity index (χ2n) is 5.45. The smallest absolute Gasteiger partial charge is 0.422 e. The first-order chi connectivity index (χ1) is 12.2. The molecule has 0 saturated heterocycles. The molecule has 0 fully saturated rings. The van der Waals surface area contributed by atoms with Gasteiger partial charge in [0.25, 0.3) is 0 Å². The van der Waals surface area contributed by atoms with E-state index in [2.05, 4.69) is 21.6 Å². The van der Waals surface area contributed by atoms with Crippen LogP contribution in [-0.4, -0.2) is 30.1 Å². The van der Waals surface area contributed by atoms with Crippen molar-refractivity contribution in [2.75, 3.05) is 17.8 Å². The highest BCUT2D eigenvalue weighted by atomic mass is 32.2. The van der Waals surface area contributed by atoms with Crippen LogP contribution in [0.3, 0.4) is 0 Å². The highest BCUT2D eigenvalue weighted by Gasteiger charge is 2.33. The lowest BCUT2D eigenvalue weighted by Crippen LogP contribution is -2.32. The van der Waals surface area contributed by atoms with Gasteiger partial charge in [0.05, 0.1) is 12.1 Å². The number of carbonyl (C=O) groups is 1. The summed E-state index contributed by atoms with van der Waals surface area (Å²) in [5.41, 5.74) is 1.34. The van der Waals surface area contributed by atoms with Gasteiger partial charge in [0.1, 0.15) is 5.82 Å². The summed E-state index contributed by atoms with van der Waals surface area (Å²) in [7, 11) is 0. The molecule has 0 spiro atoms. The van der Waals surface area contributed by atoms with Gasteiger partial charge < -0.3 is 10.1 Å². The molecule has 1 N–H and O–H groups in total. The topological polar surface area (TPSA) is 53.9 Å². The Morgan fingerprint density at radius 3 is 2.77 bits per heavy atom. The second-order valence-corrected chi connectivity index (χ2v) is 6.22. The third-order valence-electron chi connectivity index (χ3n) is 3.65. The molecule has 5 nitrogen and oxygen atoms in total. The van der Waals surface area contributed by atoms with Crippen molar-refractivity contribution in [1.82, 2.24) is 5.32 Å². The summed E-state index contributed by atoms with van der Waals surface area (Å²) in [4.78, 5) is 17.5. The fourth-order valence-corrected chi connectivity index (χ4v) is 3.12. The molecule has 0 atom stereocenters.